The highest BCUT2D eigenvalue weighted by molar-refractivity contribution is 6.31. The highest BCUT2D eigenvalue weighted by Crippen LogP contribution is 2.32. The number of fused-ring (bicyclic) bond motifs is 3. The Morgan fingerprint density at radius 3 is 2.82 bits per heavy atom. The second-order valence-electron chi connectivity index (χ2n) is 8.84. The first-order valence-electron chi connectivity index (χ1n) is 11.7. The highest BCUT2D eigenvalue weighted by Gasteiger charge is 2.26. The molecule has 1 amide bonds. The number of nitrogens with one attached hydrogen (secondary N) is 1. The van der Waals surface area contributed by atoms with Gasteiger partial charge in [-0.1, -0.05) is 23.8 Å². The molecule has 4 aromatic rings. The van der Waals surface area contributed by atoms with E-state index < -0.39 is 11.8 Å². The SMILES string of the molecule is Cl.N#Cc1cc(F)cc(/C=C/CN2CCc3c(c4cc(Cl)ccc4n3C(=O)NCc3ccnc(F)c3)C2)c1. The van der Waals surface area contributed by atoms with Gasteiger partial charge >= 0.3 is 6.03 Å². The number of nitriles is 1. The molecule has 0 radical (unpaired) electrons. The largest absolute Gasteiger partial charge is 0.333 e. The van der Waals surface area contributed by atoms with E-state index in [4.69, 9.17) is 16.9 Å². The molecule has 6 nitrogen and oxygen atoms in total. The summed E-state index contributed by atoms with van der Waals surface area (Å²) < 4.78 is 28.8. The minimum absolute atomic E-state index is 0. The fraction of sp³-hybridized carbons (Fsp3) is 0.179. The lowest BCUT2D eigenvalue weighted by Crippen LogP contribution is -2.34. The third-order valence-electron chi connectivity index (χ3n) is 6.35. The minimum Gasteiger partial charge on any atom is -0.333 e. The number of rotatable bonds is 5. The Hall–Kier alpha value is -3.77. The summed E-state index contributed by atoms with van der Waals surface area (Å²) in [5, 5.41) is 13.4. The summed E-state index contributed by atoms with van der Waals surface area (Å²) in [6.45, 7) is 2.12. The second-order valence-corrected chi connectivity index (χ2v) is 9.28. The van der Waals surface area contributed by atoms with E-state index >= 15 is 0 Å². The molecule has 2 aromatic heterocycles. The number of carbonyl (C=O) groups is 1. The van der Waals surface area contributed by atoms with E-state index in [0.29, 0.717) is 35.7 Å². The number of benzene rings is 2. The smallest absolute Gasteiger partial charge is 0.326 e. The van der Waals surface area contributed by atoms with Gasteiger partial charge in [-0.15, -0.1) is 12.4 Å². The van der Waals surface area contributed by atoms with Crippen molar-refractivity contribution >= 4 is 47.0 Å². The Morgan fingerprint density at radius 2 is 2.03 bits per heavy atom. The van der Waals surface area contributed by atoms with E-state index in [-0.39, 0.29) is 30.5 Å². The highest BCUT2D eigenvalue weighted by atomic mass is 35.5. The van der Waals surface area contributed by atoms with Crippen molar-refractivity contribution < 1.29 is 13.6 Å². The number of pyridine rings is 1. The van der Waals surface area contributed by atoms with Crippen LogP contribution in [-0.2, 0) is 19.5 Å². The number of carbonyl (C=O) groups excluding carboxylic acids is 1. The van der Waals surface area contributed by atoms with Crippen LogP contribution in [0.2, 0.25) is 5.02 Å². The average molecular weight is 554 g/mol. The minimum atomic E-state index is -0.595. The lowest BCUT2D eigenvalue weighted by atomic mass is 10.0. The van der Waals surface area contributed by atoms with Gasteiger partial charge in [0.25, 0.3) is 0 Å². The number of nitrogens with zero attached hydrogens (tertiary/aromatic N) is 4. The molecule has 38 heavy (non-hydrogen) atoms. The molecule has 10 heteroatoms. The van der Waals surface area contributed by atoms with Crippen molar-refractivity contribution in [2.45, 2.75) is 19.5 Å². The summed E-state index contributed by atoms with van der Waals surface area (Å²) in [7, 11) is 0. The molecule has 0 spiro atoms. The first-order valence-corrected chi connectivity index (χ1v) is 12.1. The van der Waals surface area contributed by atoms with Crippen molar-refractivity contribution in [1.82, 2.24) is 19.8 Å². The Balaban J connectivity index is 0.00000336. The normalized spacial score (nSPS) is 13.2. The second kappa shape index (κ2) is 11.7. The number of hydrogen-bond acceptors (Lipinski definition) is 4. The zero-order chi connectivity index (χ0) is 25.9. The maximum atomic E-state index is 13.7. The summed E-state index contributed by atoms with van der Waals surface area (Å²) in [5.41, 5.74) is 4.23. The van der Waals surface area contributed by atoms with Gasteiger partial charge in [0.15, 0.2) is 0 Å². The Kier molecular flexibility index (Phi) is 8.42. The van der Waals surface area contributed by atoms with Crippen LogP contribution in [0.4, 0.5) is 13.6 Å². The van der Waals surface area contributed by atoms with Gasteiger partial charge in [-0.25, -0.2) is 14.2 Å². The van der Waals surface area contributed by atoms with Crippen LogP contribution in [0.15, 0.2) is 60.8 Å². The summed E-state index contributed by atoms with van der Waals surface area (Å²) in [4.78, 5) is 19.0. The van der Waals surface area contributed by atoms with Crippen LogP contribution in [0.5, 0.6) is 0 Å². The quantitative estimate of drug-likeness (QED) is 0.303. The zero-order valence-electron chi connectivity index (χ0n) is 20.1. The number of amides is 1. The molecule has 0 bridgehead atoms. The molecule has 0 unspecified atom stereocenters. The molecule has 0 saturated carbocycles. The van der Waals surface area contributed by atoms with Crippen molar-refractivity contribution in [3.63, 3.8) is 0 Å². The summed E-state index contributed by atoms with van der Waals surface area (Å²) >= 11 is 6.30. The first-order chi connectivity index (χ1) is 17.9. The van der Waals surface area contributed by atoms with Crippen molar-refractivity contribution in [3.05, 3.63) is 106 Å². The van der Waals surface area contributed by atoms with Crippen LogP contribution in [-0.4, -0.2) is 33.6 Å². The van der Waals surface area contributed by atoms with Crippen LogP contribution in [0, 0.1) is 23.1 Å². The molecule has 194 valence electrons. The zero-order valence-corrected chi connectivity index (χ0v) is 21.7. The number of hydrogen-bond donors (Lipinski definition) is 1. The standard InChI is InChI=1S/C28H22ClF2N5O.ClH/c29-21-3-4-25-23(14-21)24-17-35(8-1-2-18-10-20(15-32)12-22(30)11-18)9-6-26(24)36(25)28(37)34-16-19-5-7-33-27(31)13-19;/h1-5,7,10-14H,6,8-9,16-17H2,(H,34,37);1H/b2-1+;. The van der Waals surface area contributed by atoms with E-state index in [1.165, 1.54) is 24.4 Å². The summed E-state index contributed by atoms with van der Waals surface area (Å²) in [5.74, 6) is -1.04. The predicted octanol–water partition coefficient (Wildman–Crippen LogP) is 6.09. The molecule has 1 aliphatic heterocycles. The Labute approximate surface area is 229 Å². The lowest BCUT2D eigenvalue weighted by Gasteiger charge is -2.27. The molecule has 5 rings (SSSR count). The van der Waals surface area contributed by atoms with Gasteiger partial charge in [-0.05, 0) is 65.2 Å². The average Bonchev–Trinajstić information content (AvgIpc) is 3.20. The van der Waals surface area contributed by atoms with Gasteiger partial charge in [0.1, 0.15) is 5.82 Å². The van der Waals surface area contributed by atoms with Gasteiger partial charge in [0, 0.05) is 54.9 Å². The van der Waals surface area contributed by atoms with Crippen molar-refractivity contribution in [2.75, 3.05) is 13.1 Å². The lowest BCUT2D eigenvalue weighted by molar-refractivity contribution is 0.240. The van der Waals surface area contributed by atoms with Gasteiger partial charge in [0.2, 0.25) is 5.95 Å². The summed E-state index contributed by atoms with van der Waals surface area (Å²) in [6, 6.07) is 14.3. The molecule has 2 aromatic carbocycles. The Morgan fingerprint density at radius 1 is 1.18 bits per heavy atom. The maximum Gasteiger partial charge on any atom is 0.326 e. The summed E-state index contributed by atoms with van der Waals surface area (Å²) in [6.07, 6.45) is 5.75. The first kappa shape index (κ1) is 27.3. The molecule has 0 atom stereocenters. The molecule has 0 fully saturated rings. The van der Waals surface area contributed by atoms with Crippen LogP contribution in [0.3, 0.4) is 0 Å². The monoisotopic (exact) mass is 553 g/mol. The van der Waals surface area contributed by atoms with Gasteiger partial charge in [-0.3, -0.25) is 9.47 Å². The maximum absolute atomic E-state index is 13.7. The molecule has 3 heterocycles. The number of halogens is 4. The topological polar surface area (TPSA) is 74.0 Å². The van der Waals surface area contributed by atoms with E-state index in [9.17, 15) is 13.6 Å². The van der Waals surface area contributed by atoms with Crippen LogP contribution in [0.25, 0.3) is 17.0 Å². The van der Waals surface area contributed by atoms with Gasteiger partial charge < -0.3 is 5.32 Å². The van der Waals surface area contributed by atoms with E-state index in [1.807, 2.05) is 24.3 Å². The molecule has 1 aliphatic rings. The predicted molar refractivity (Wildman–Crippen MR) is 145 cm³/mol. The molecular formula is C28H23Cl2F2N5O. The van der Waals surface area contributed by atoms with E-state index in [0.717, 1.165) is 28.7 Å². The third-order valence-corrected chi connectivity index (χ3v) is 6.59. The van der Waals surface area contributed by atoms with Crippen LogP contribution < -0.4 is 5.32 Å². The fourth-order valence-corrected chi connectivity index (χ4v) is 4.87. The molecule has 1 N–H and O–H groups in total. The van der Waals surface area contributed by atoms with Crippen LogP contribution in [0.1, 0.15) is 27.9 Å². The van der Waals surface area contributed by atoms with Gasteiger partial charge in [0.05, 0.1) is 17.1 Å². The molecular weight excluding hydrogens is 531 g/mol. The van der Waals surface area contributed by atoms with Crippen molar-refractivity contribution in [3.8, 4) is 6.07 Å². The molecule has 0 saturated heterocycles. The van der Waals surface area contributed by atoms with E-state index in [2.05, 4.69) is 15.2 Å². The third kappa shape index (κ3) is 5.86. The van der Waals surface area contributed by atoms with Crippen LogP contribution >= 0.6 is 24.0 Å². The van der Waals surface area contributed by atoms with Gasteiger partial charge in [-0.2, -0.15) is 9.65 Å². The number of aromatic nitrogens is 2. The van der Waals surface area contributed by atoms with Crippen molar-refractivity contribution in [2.24, 2.45) is 0 Å². The fourth-order valence-electron chi connectivity index (χ4n) is 4.69. The molecule has 0 aliphatic carbocycles. The van der Waals surface area contributed by atoms with E-state index in [1.54, 1.807) is 28.8 Å². The van der Waals surface area contributed by atoms with Crippen molar-refractivity contribution in [1.29, 1.82) is 5.26 Å². The Bertz CT molecular complexity index is 1580.